The van der Waals surface area contributed by atoms with Crippen LogP contribution in [0.3, 0.4) is 0 Å². The van der Waals surface area contributed by atoms with Gasteiger partial charge >= 0.3 is 0 Å². The van der Waals surface area contributed by atoms with Crippen molar-refractivity contribution in [2.45, 2.75) is 38.8 Å². The fraction of sp³-hybridized carbons (Fsp3) is 0.333. The number of thiophene rings is 1. The number of carbonyl (C=O) groups is 2. The second-order valence-corrected chi connectivity index (χ2v) is 7.88. The van der Waals surface area contributed by atoms with Crippen molar-refractivity contribution >= 4 is 34.9 Å². The van der Waals surface area contributed by atoms with Gasteiger partial charge in [-0.1, -0.05) is 25.5 Å². The SMILES string of the molecule is CCCC(NC(=O)C=Cc1ccccc1[N+](=O)[O-])C(=O)N1CCc2sccc2C1. The van der Waals surface area contributed by atoms with E-state index in [1.807, 2.05) is 18.4 Å². The predicted octanol–water partition coefficient (Wildman–Crippen LogP) is 3.54. The minimum Gasteiger partial charge on any atom is -0.341 e. The normalized spacial score (nSPS) is 14.4. The number of hydrogen-bond acceptors (Lipinski definition) is 5. The summed E-state index contributed by atoms with van der Waals surface area (Å²) in [6, 6.07) is 7.64. The molecule has 8 heteroatoms. The minimum absolute atomic E-state index is 0.0716. The average Bonchev–Trinajstić information content (AvgIpc) is 3.19. The number of para-hydroxylation sites is 1. The Hall–Kier alpha value is -3.00. The molecular weight excluding hydrogens is 390 g/mol. The molecule has 1 aromatic carbocycles. The molecule has 0 spiro atoms. The van der Waals surface area contributed by atoms with Gasteiger partial charge in [-0.05, 0) is 42.0 Å². The molecule has 1 unspecified atom stereocenters. The Morgan fingerprint density at radius 2 is 2.14 bits per heavy atom. The Balaban J connectivity index is 1.66. The van der Waals surface area contributed by atoms with E-state index in [1.165, 1.54) is 28.7 Å². The molecule has 0 bridgehead atoms. The number of fused-ring (bicyclic) bond motifs is 1. The highest BCUT2D eigenvalue weighted by Crippen LogP contribution is 2.24. The van der Waals surface area contributed by atoms with Crippen LogP contribution in [0.2, 0.25) is 0 Å². The van der Waals surface area contributed by atoms with Crippen molar-refractivity contribution < 1.29 is 14.5 Å². The number of nitro groups is 1. The number of rotatable bonds is 7. The third-order valence-corrected chi connectivity index (χ3v) is 5.88. The maximum absolute atomic E-state index is 13.0. The Morgan fingerprint density at radius 3 is 2.90 bits per heavy atom. The molecule has 1 aromatic heterocycles. The molecule has 29 heavy (non-hydrogen) atoms. The molecule has 0 saturated carbocycles. The van der Waals surface area contributed by atoms with E-state index in [9.17, 15) is 19.7 Å². The van der Waals surface area contributed by atoms with Gasteiger partial charge in [0.15, 0.2) is 0 Å². The molecule has 0 saturated heterocycles. The topological polar surface area (TPSA) is 92.5 Å². The first kappa shape index (κ1) is 20.7. The lowest BCUT2D eigenvalue weighted by atomic mass is 10.1. The van der Waals surface area contributed by atoms with Gasteiger partial charge in [-0.3, -0.25) is 19.7 Å². The Morgan fingerprint density at radius 1 is 1.34 bits per heavy atom. The van der Waals surface area contributed by atoms with Crippen molar-refractivity contribution in [1.29, 1.82) is 0 Å². The van der Waals surface area contributed by atoms with E-state index in [0.29, 0.717) is 25.1 Å². The van der Waals surface area contributed by atoms with E-state index in [-0.39, 0.29) is 11.6 Å². The monoisotopic (exact) mass is 413 g/mol. The first-order valence-corrected chi connectivity index (χ1v) is 10.4. The third-order valence-electron chi connectivity index (χ3n) is 4.86. The molecule has 1 atom stereocenters. The summed E-state index contributed by atoms with van der Waals surface area (Å²) in [5, 5.41) is 15.9. The summed E-state index contributed by atoms with van der Waals surface area (Å²) in [5.74, 6) is -0.528. The number of benzene rings is 1. The van der Waals surface area contributed by atoms with Crippen LogP contribution in [0.1, 0.15) is 35.8 Å². The number of nitrogens with zero attached hydrogens (tertiary/aromatic N) is 2. The highest BCUT2D eigenvalue weighted by atomic mass is 32.1. The molecule has 2 amide bonds. The van der Waals surface area contributed by atoms with Crippen LogP contribution in [-0.2, 0) is 22.6 Å². The Labute approximate surface area is 173 Å². The van der Waals surface area contributed by atoms with Crippen LogP contribution in [0, 0.1) is 10.1 Å². The van der Waals surface area contributed by atoms with Crippen LogP contribution in [0.15, 0.2) is 41.8 Å². The summed E-state index contributed by atoms with van der Waals surface area (Å²) in [6.45, 7) is 3.18. The lowest BCUT2D eigenvalue weighted by Gasteiger charge is -2.30. The first-order valence-electron chi connectivity index (χ1n) is 9.55. The first-order chi connectivity index (χ1) is 14.0. The fourth-order valence-corrected chi connectivity index (χ4v) is 4.27. The molecular formula is C21H23N3O4S. The van der Waals surface area contributed by atoms with Gasteiger partial charge in [-0.2, -0.15) is 0 Å². The highest BCUT2D eigenvalue weighted by molar-refractivity contribution is 7.10. The number of amides is 2. The molecule has 2 aromatic rings. The largest absolute Gasteiger partial charge is 0.341 e. The zero-order chi connectivity index (χ0) is 20.8. The van der Waals surface area contributed by atoms with Crippen LogP contribution >= 0.6 is 11.3 Å². The standard InChI is InChI=1S/C21H23N3O4S/c1-2-5-17(21(26)23-12-10-19-16(14-23)11-13-29-19)22-20(25)9-8-15-6-3-4-7-18(15)24(27)28/h3-4,6-9,11,13,17H,2,5,10,12,14H2,1H3,(H,22,25). The van der Waals surface area contributed by atoms with Crippen molar-refractivity contribution in [3.05, 3.63) is 67.9 Å². The van der Waals surface area contributed by atoms with E-state index in [4.69, 9.17) is 0 Å². The van der Waals surface area contributed by atoms with E-state index in [1.54, 1.807) is 34.4 Å². The van der Waals surface area contributed by atoms with Crippen LogP contribution in [-0.4, -0.2) is 34.2 Å². The quantitative estimate of drug-likeness (QED) is 0.427. The number of hydrogen-bond donors (Lipinski definition) is 1. The van der Waals surface area contributed by atoms with Crippen LogP contribution < -0.4 is 5.32 Å². The van der Waals surface area contributed by atoms with Crippen molar-refractivity contribution in [1.82, 2.24) is 10.2 Å². The predicted molar refractivity (Wildman–Crippen MR) is 112 cm³/mol. The minimum atomic E-state index is -0.608. The van der Waals surface area contributed by atoms with Gasteiger partial charge in [0.1, 0.15) is 6.04 Å². The van der Waals surface area contributed by atoms with Crippen LogP contribution in [0.25, 0.3) is 6.08 Å². The van der Waals surface area contributed by atoms with E-state index in [0.717, 1.165) is 12.8 Å². The lowest BCUT2D eigenvalue weighted by Crippen LogP contribution is -2.49. The fourth-order valence-electron chi connectivity index (χ4n) is 3.38. The summed E-state index contributed by atoms with van der Waals surface area (Å²) in [7, 11) is 0. The Kier molecular flexibility index (Phi) is 6.77. The van der Waals surface area contributed by atoms with Gasteiger partial charge in [-0.25, -0.2) is 0 Å². The molecule has 0 radical (unpaired) electrons. The van der Waals surface area contributed by atoms with Gasteiger partial charge in [-0.15, -0.1) is 11.3 Å². The molecule has 1 aliphatic rings. The second-order valence-electron chi connectivity index (χ2n) is 6.88. The molecule has 2 heterocycles. The number of carbonyl (C=O) groups excluding carboxylic acids is 2. The molecule has 7 nitrogen and oxygen atoms in total. The van der Waals surface area contributed by atoms with Crippen molar-refractivity contribution in [3.8, 4) is 0 Å². The van der Waals surface area contributed by atoms with Gasteiger partial charge in [0.05, 0.1) is 10.5 Å². The van der Waals surface area contributed by atoms with E-state index >= 15 is 0 Å². The molecule has 0 fully saturated rings. The zero-order valence-electron chi connectivity index (χ0n) is 16.2. The summed E-state index contributed by atoms with van der Waals surface area (Å²) >= 11 is 1.71. The lowest BCUT2D eigenvalue weighted by molar-refractivity contribution is -0.385. The maximum Gasteiger partial charge on any atom is 0.276 e. The average molecular weight is 413 g/mol. The second kappa shape index (κ2) is 9.47. The third kappa shape index (κ3) is 5.08. The summed E-state index contributed by atoms with van der Waals surface area (Å²) in [6.07, 6.45) is 4.77. The molecule has 0 aliphatic carbocycles. The Bertz CT molecular complexity index is 938. The van der Waals surface area contributed by atoms with E-state index < -0.39 is 16.9 Å². The van der Waals surface area contributed by atoms with Crippen molar-refractivity contribution in [2.75, 3.05) is 6.54 Å². The van der Waals surface area contributed by atoms with Crippen molar-refractivity contribution in [2.24, 2.45) is 0 Å². The number of nitro benzene ring substituents is 1. The number of nitrogens with one attached hydrogen (secondary N) is 1. The van der Waals surface area contributed by atoms with Gasteiger partial charge in [0.25, 0.3) is 5.69 Å². The van der Waals surface area contributed by atoms with E-state index in [2.05, 4.69) is 5.32 Å². The summed E-state index contributed by atoms with van der Waals surface area (Å²) in [4.78, 5) is 39.1. The van der Waals surface area contributed by atoms with Gasteiger partial charge in [0, 0.05) is 30.1 Å². The van der Waals surface area contributed by atoms with Crippen molar-refractivity contribution in [3.63, 3.8) is 0 Å². The maximum atomic E-state index is 13.0. The highest BCUT2D eigenvalue weighted by Gasteiger charge is 2.28. The summed E-state index contributed by atoms with van der Waals surface area (Å²) < 4.78 is 0. The van der Waals surface area contributed by atoms with Gasteiger partial charge in [0.2, 0.25) is 11.8 Å². The van der Waals surface area contributed by atoms with Crippen LogP contribution in [0.4, 0.5) is 5.69 Å². The summed E-state index contributed by atoms with van der Waals surface area (Å²) in [5.41, 5.74) is 1.44. The van der Waals surface area contributed by atoms with Gasteiger partial charge < -0.3 is 10.2 Å². The zero-order valence-corrected chi connectivity index (χ0v) is 17.0. The van der Waals surface area contributed by atoms with Crippen LogP contribution in [0.5, 0.6) is 0 Å². The molecule has 152 valence electrons. The molecule has 1 N–H and O–H groups in total. The molecule has 1 aliphatic heterocycles. The molecule has 3 rings (SSSR count). The smallest absolute Gasteiger partial charge is 0.276 e.